The molecule has 2 fully saturated rings. The summed E-state index contributed by atoms with van der Waals surface area (Å²) in [6.07, 6.45) is 5.50. The normalized spacial score (nSPS) is 19.4. The Bertz CT molecular complexity index is 727. The van der Waals surface area contributed by atoms with Gasteiger partial charge in [0.15, 0.2) is 0 Å². The molecule has 0 radical (unpaired) electrons. The van der Waals surface area contributed by atoms with Gasteiger partial charge in [0.2, 0.25) is 0 Å². The number of H-pyrrole nitrogens is 1. The summed E-state index contributed by atoms with van der Waals surface area (Å²) >= 11 is 0. The summed E-state index contributed by atoms with van der Waals surface area (Å²) in [7, 11) is 0. The lowest BCUT2D eigenvalue weighted by Crippen LogP contribution is -1.79. The van der Waals surface area contributed by atoms with Gasteiger partial charge in [-0.15, -0.1) is 0 Å². The number of rotatable bonds is 2. The molecule has 0 bridgehead atoms. The first-order valence-corrected chi connectivity index (χ1v) is 7.44. The molecule has 0 amide bonds. The first kappa shape index (κ1) is 10.1. The van der Waals surface area contributed by atoms with Gasteiger partial charge in [-0.3, -0.25) is 0 Å². The van der Waals surface area contributed by atoms with E-state index in [1.54, 1.807) is 0 Å². The molecule has 3 aromatic rings. The molecule has 1 nitrogen and oxygen atoms in total. The van der Waals surface area contributed by atoms with E-state index in [4.69, 9.17) is 0 Å². The van der Waals surface area contributed by atoms with Gasteiger partial charge >= 0.3 is 0 Å². The molecule has 2 aromatic carbocycles. The molecule has 2 aliphatic carbocycles. The van der Waals surface area contributed by atoms with E-state index >= 15 is 0 Å². The Morgan fingerprint density at radius 3 is 1.63 bits per heavy atom. The maximum Gasteiger partial charge on any atom is 0.0465 e. The topological polar surface area (TPSA) is 15.8 Å². The molecular formula is C18H19N. The summed E-state index contributed by atoms with van der Waals surface area (Å²) in [5, 5.41) is 2.84. The summed E-state index contributed by atoms with van der Waals surface area (Å²) in [5.41, 5.74) is 5.63. The smallest absolute Gasteiger partial charge is 0.0465 e. The van der Waals surface area contributed by atoms with Crippen LogP contribution in [0.2, 0.25) is 0 Å². The average molecular weight is 249 g/mol. The van der Waals surface area contributed by atoms with Crippen molar-refractivity contribution in [3.63, 3.8) is 0 Å². The Balaban J connectivity index is 0.00000106. The molecule has 19 heavy (non-hydrogen) atoms. The number of fused-ring (bicyclic) bond motifs is 3. The Hall–Kier alpha value is -1.76. The predicted molar refractivity (Wildman–Crippen MR) is 81.9 cm³/mol. The van der Waals surface area contributed by atoms with Gasteiger partial charge in [0, 0.05) is 23.2 Å². The highest BCUT2D eigenvalue weighted by atomic mass is 14.7. The van der Waals surface area contributed by atoms with Crippen molar-refractivity contribution in [1.29, 1.82) is 0 Å². The monoisotopic (exact) mass is 249 g/mol. The predicted octanol–water partition coefficient (Wildman–Crippen LogP) is 5.32. The van der Waals surface area contributed by atoms with Crippen molar-refractivity contribution in [3.05, 3.63) is 47.5 Å². The molecule has 5 rings (SSSR count). The van der Waals surface area contributed by atoms with E-state index in [-0.39, 0.29) is 1.43 Å². The molecule has 0 unspecified atom stereocenters. The largest absolute Gasteiger partial charge is 0.355 e. The van der Waals surface area contributed by atoms with E-state index in [9.17, 15) is 0 Å². The van der Waals surface area contributed by atoms with Crippen molar-refractivity contribution in [3.8, 4) is 0 Å². The molecule has 0 spiro atoms. The highest BCUT2D eigenvalue weighted by Gasteiger charge is 2.25. The van der Waals surface area contributed by atoms with E-state index in [0.29, 0.717) is 0 Å². The molecule has 96 valence electrons. The fraction of sp³-hybridized carbons (Fsp3) is 0.333. The molecule has 1 heteroatoms. The summed E-state index contributed by atoms with van der Waals surface area (Å²) in [4.78, 5) is 3.55. The summed E-state index contributed by atoms with van der Waals surface area (Å²) < 4.78 is 0. The third-order valence-corrected chi connectivity index (χ3v) is 4.74. The summed E-state index contributed by atoms with van der Waals surface area (Å²) in [6, 6.07) is 14.0. The third-order valence-electron chi connectivity index (χ3n) is 4.74. The van der Waals surface area contributed by atoms with Crippen LogP contribution >= 0.6 is 0 Å². The van der Waals surface area contributed by atoms with Crippen LogP contribution in [0.1, 0.15) is 50.1 Å². The van der Waals surface area contributed by atoms with Gasteiger partial charge < -0.3 is 4.98 Å². The highest BCUT2D eigenvalue weighted by molar-refractivity contribution is 6.07. The van der Waals surface area contributed by atoms with Crippen LogP contribution in [0.4, 0.5) is 0 Å². The van der Waals surface area contributed by atoms with Crippen LogP contribution in [0, 0.1) is 0 Å². The minimum Gasteiger partial charge on any atom is -0.355 e. The number of hydrogen-bond acceptors (Lipinski definition) is 0. The lowest BCUT2D eigenvalue weighted by Gasteiger charge is -2.00. The van der Waals surface area contributed by atoms with Gasteiger partial charge in [-0.2, -0.15) is 0 Å². The zero-order valence-electron chi connectivity index (χ0n) is 10.9. The van der Waals surface area contributed by atoms with E-state index in [1.807, 2.05) is 0 Å². The van der Waals surface area contributed by atoms with Gasteiger partial charge in [0.1, 0.15) is 0 Å². The minimum absolute atomic E-state index is 0. The standard InChI is InChI=1S/C18H17N.H2/c1-2-11(1)13-5-7-17-15(9-13)16-10-14(12-3-4-12)6-8-18(16)19-17;/h5-12,19H,1-4H2;1H. The molecule has 2 aliphatic rings. The SMILES string of the molecule is [HH].c1cc2[nH]c3ccc(C4CC4)cc3c2cc1C1CC1. The van der Waals surface area contributed by atoms with Gasteiger partial charge in [0.25, 0.3) is 0 Å². The molecule has 0 atom stereocenters. The van der Waals surface area contributed by atoms with Crippen LogP contribution in [-0.2, 0) is 0 Å². The van der Waals surface area contributed by atoms with E-state index in [2.05, 4.69) is 41.4 Å². The Morgan fingerprint density at radius 2 is 1.21 bits per heavy atom. The van der Waals surface area contributed by atoms with Gasteiger partial charge in [0.05, 0.1) is 0 Å². The van der Waals surface area contributed by atoms with Crippen molar-refractivity contribution in [2.45, 2.75) is 37.5 Å². The van der Waals surface area contributed by atoms with Gasteiger partial charge in [-0.1, -0.05) is 12.1 Å². The molecular weight excluding hydrogens is 230 g/mol. The molecule has 1 heterocycles. The van der Waals surface area contributed by atoms with E-state index < -0.39 is 0 Å². The van der Waals surface area contributed by atoms with Gasteiger partial charge in [-0.05, 0) is 72.9 Å². The molecule has 2 saturated carbocycles. The number of hydrogen-bond donors (Lipinski definition) is 1. The second kappa shape index (κ2) is 3.41. The first-order valence-electron chi connectivity index (χ1n) is 7.44. The number of benzene rings is 2. The lowest BCUT2D eigenvalue weighted by molar-refractivity contribution is 1.14. The summed E-state index contributed by atoms with van der Waals surface area (Å²) in [6.45, 7) is 0. The third kappa shape index (κ3) is 1.54. The van der Waals surface area contributed by atoms with Gasteiger partial charge in [-0.25, -0.2) is 0 Å². The molecule has 0 saturated heterocycles. The van der Waals surface area contributed by atoms with Crippen molar-refractivity contribution in [2.24, 2.45) is 0 Å². The number of nitrogens with one attached hydrogen (secondary N) is 1. The zero-order valence-corrected chi connectivity index (χ0v) is 10.9. The Morgan fingerprint density at radius 1 is 0.737 bits per heavy atom. The van der Waals surface area contributed by atoms with Crippen molar-refractivity contribution in [1.82, 2.24) is 4.98 Å². The number of aromatic nitrogens is 1. The molecule has 0 aliphatic heterocycles. The maximum absolute atomic E-state index is 3.55. The van der Waals surface area contributed by atoms with E-state index in [0.717, 1.165) is 11.8 Å². The second-order valence-corrected chi connectivity index (χ2v) is 6.28. The quantitative estimate of drug-likeness (QED) is 0.632. The minimum atomic E-state index is 0. The Kier molecular flexibility index (Phi) is 1.81. The van der Waals surface area contributed by atoms with Crippen LogP contribution in [0.15, 0.2) is 36.4 Å². The van der Waals surface area contributed by atoms with Crippen LogP contribution in [0.3, 0.4) is 0 Å². The van der Waals surface area contributed by atoms with Crippen molar-refractivity contribution < 1.29 is 1.43 Å². The van der Waals surface area contributed by atoms with Crippen molar-refractivity contribution in [2.75, 3.05) is 0 Å². The van der Waals surface area contributed by atoms with E-state index in [1.165, 1.54) is 58.6 Å². The maximum atomic E-state index is 3.55. The zero-order chi connectivity index (χ0) is 12.4. The Labute approximate surface area is 114 Å². The van der Waals surface area contributed by atoms with Crippen molar-refractivity contribution >= 4 is 21.8 Å². The van der Waals surface area contributed by atoms with Crippen LogP contribution in [-0.4, -0.2) is 4.98 Å². The first-order chi connectivity index (χ1) is 9.38. The fourth-order valence-corrected chi connectivity index (χ4v) is 3.27. The summed E-state index contributed by atoms with van der Waals surface area (Å²) in [5.74, 6) is 1.67. The van der Waals surface area contributed by atoms with Crippen LogP contribution in [0.25, 0.3) is 21.8 Å². The fourth-order valence-electron chi connectivity index (χ4n) is 3.27. The van der Waals surface area contributed by atoms with Crippen LogP contribution < -0.4 is 0 Å². The molecule has 1 aromatic heterocycles. The lowest BCUT2D eigenvalue weighted by atomic mass is 10.0. The second-order valence-electron chi connectivity index (χ2n) is 6.28. The highest BCUT2D eigenvalue weighted by Crippen LogP contribution is 2.43. The average Bonchev–Trinajstić information content (AvgIpc) is 3.33. The molecule has 1 N–H and O–H groups in total. The number of aromatic amines is 1. The van der Waals surface area contributed by atoms with Crippen LogP contribution in [0.5, 0.6) is 0 Å².